The Morgan fingerprint density at radius 2 is 1.62 bits per heavy atom. The topological polar surface area (TPSA) is 58.7 Å². The lowest BCUT2D eigenvalue weighted by molar-refractivity contribution is -0.132. The molecule has 0 aliphatic carbocycles. The first-order chi connectivity index (χ1) is 11.6. The minimum absolute atomic E-state index is 0.106. The quantitative estimate of drug-likeness (QED) is 0.863. The molecule has 1 fully saturated rings. The maximum absolute atomic E-state index is 12.4. The van der Waals surface area contributed by atoms with Crippen LogP contribution in [0, 0.1) is 13.8 Å². The van der Waals surface area contributed by atoms with Crippen molar-refractivity contribution in [3.63, 3.8) is 0 Å². The third kappa shape index (κ3) is 3.37. The van der Waals surface area contributed by atoms with Crippen molar-refractivity contribution in [1.29, 1.82) is 0 Å². The zero-order valence-corrected chi connectivity index (χ0v) is 14.2. The molecule has 1 aliphatic rings. The molecule has 2 amide bonds. The van der Waals surface area contributed by atoms with Crippen LogP contribution in [0.25, 0.3) is 0 Å². The monoisotopic (exact) mass is 329 g/mol. The summed E-state index contributed by atoms with van der Waals surface area (Å²) in [5.41, 5.74) is 2.35. The van der Waals surface area contributed by atoms with Crippen LogP contribution in [0.1, 0.15) is 28.4 Å². The van der Waals surface area contributed by atoms with Gasteiger partial charge in [-0.3, -0.25) is 9.59 Å². The zero-order chi connectivity index (χ0) is 17.1. The third-order valence-corrected chi connectivity index (χ3v) is 4.62. The molecule has 1 saturated heterocycles. The summed E-state index contributed by atoms with van der Waals surface area (Å²) >= 11 is 0. The second-order valence-electron chi connectivity index (χ2n) is 6.17. The van der Waals surface area contributed by atoms with Crippen molar-refractivity contribution in [2.45, 2.75) is 26.8 Å². The van der Waals surface area contributed by atoms with E-state index >= 15 is 0 Å². The van der Waals surface area contributed by atoms with Crippen molar-refractivity contribution in [3.8, 4) is 0 Å². The Morgan fingerprint density at radius 3 is 2.21 bits per heavy atom. The number of rotatable bonds is 4. The van der Waals surface area contributed by atoms with E-state index in [0.717, 1.165) is 0 Å². The molecule has 3 rings (SSSR count). The van der Waals surface area contributed by atoms with Crippen LogP contribution in [0.2, 0.25) is 0 Å². The van der Waals surface area contributed by atoms with Crippen molar-refractivity contribution in [2.75, 3.05) is 26.2 Å². The molecule has 0 aromatic carbocycles. The van der Waals surface area contributed by atoms with Gasteiger partial charge in [0.05, 0.1) is 6.26 Å². The Morgan fingerprint density at radius 1 is 1.00 bits per heavy atom. The van der Waals surface area contributed by atoms with Crippen LogP contribution in [0.3, 0.4) is 0 Å². The number of furan rings is 1. The van der Waals surface area contributed by atoms with E-state index in [-0.39, 0.29) is 11.8 Å². The molecule has 0 radical (unpaired) electrons. The second-order valence-corrected chi connectivity index (χ2v) is 6.17. The summed E-state index contributed by atoms with van der Waals surface area (Å²) in [6.45, 7) is 7.06. The highest BCUT2D eigenvalue weighted by Crippen LogP contribution is 2.12. The Bertz CT molecular complexity index is 690. The number of aromatic nitrogens is 1. The molecule has 2 aromatic heterocycles. The lowest BCUT2D eigenvalue weighted by Crippen LogP contribution is -2.50. The summed E-state index contributed by atoms with van der Waals surface area (Å²) in [7, 11) is 0. The van der Waals surface area contributed by atoms with Gasteiger partial charge in [-0.25, -0.2) is 0 Å². The zero-order valence-electron chi connectivity index (χ0n) is 14.2. The molecule has 3 heterocycles. The van der Waals surface area contributed by atoms with Crippen LogP contribution in [-0.2, 0) is 11.3 Å². The predicted octanol–water partition coefficient (Wildman–Crippen LogP) is 2.07. The number of piperazine rings is 1. The summed E-state index contributed by atoms with van der Waals surface area (Å²) in [4.78, 5) is 28.2. The lowest BCUT2D eigenvalue weighted by Gasteiger charge is -2.34. The van der Waals surface area contributed by atoms with E-state index in [0.29, 0.717) is 44.9 Å². The molecular weight excluding hydrogens is 306 g/mol. The summed E-state index contributed by atoms with van der Waals surface area (Å²) < 4.78 is 7.31. The fraction of sp³-hybridized carbons (Fsp3) is 0.444. The van der Waals surface area contributed by atoms with E-state index in [1.54, 1.807) is 17.0 Å². The molecule has 0 bridgehead atoms. The maximum atomic E-state index is 12.4. The summed E-state index contributed by atoms with van der Waals surface area (Å²) in [6, 6.07) is 7.51. The van der Waals surface area contributed by atoms with Crippen LogP contribution in [-0.4, -0.2) is 52.4 Å². The van der Waals surface area contributed by atoms with Gasteiger partial charge in [0.15, 0.2) is 5.76 Å². The van der Waals surface area contributed by atoms with E-state index in [1.807, 2.05) is 4.90 Å². The lowest BCUT2D eigenvalue weighted by atomic mass is 10.2. The normalized spacial score (nSPS) is 14.9. The Hall–Kier alpha value is -2.50. The average molecular weight is 329 g/mol. The smallest absolute Gasteiger partial charge is 0.289 e. The number of carbonyl (C=O) groups is 2. The first-order valence-corrected chi connectivity index (χ1v) is 8.29. The van der Waals surface area contributed by atoms with E-state index in [9.17, 15) is 9.59 Å². The molecule has 2 aromatic rings. The van der Waals surface area contributed by atoms with Crippen molar-refractivity contribution in [1.82, 2.24) is 14.4 Å². The molecular formula is C18H23N3O3. The van der Waals surface area contributed by atoms with Crippen LogP contribution in [0.15, 0.2) is 34.9 Å². The van der Waals surface area contributed by atoms with E-state index < -0.39 is 0 Å². The molecule has 0 spiro atoms. The van der Waals surface area contributed by atoms with Crippen LogP contribution < -0.4 is 0 Å². The predicted molar refractivity (Wildman–Crippen MR) is 89.7 cm³/mol. The van der Waals surface area contributed by atoms with Crippen LogP contribution >= 0.6 is 0 Å². The highest BCUT2D eigenvalue weighted by Gasteiger charge is 2.25. The number of carbonyl (C=O) groups excluding carboxylic acids is 2. The second kappa shape index (κ2) is 6.95. The van der Waals surface area contributed by atoms with Crippen molar-refractivity contribution in [3.05, 3.63) is 47.7 Å². The summed E-state index contributed by atoms with van der Waals surface area (Å²) in [6.07, 6.45) is 1.99. The molecule has 6 heteroatoms. The molecule has 6 nitrogen and oxygen atoms in total. The van der Waals surface area contributed by atoms with Crippen LogP contribution in [0.4, 0.5) is 0 Å². The fourth-order valence-electron chi connectivity index (χ4n) is 3.13. The van der Waals surface area contributed by atoms with Crippen molar-refractivity contribution >= 4 is 11.8 Å². The molecule has 0 N–H and O–H groups in total. The molecule has 0 unspecified atom stereocenters. The number of hydrogen-bond acceptors (Lipinski definition) is 3. The minimum atomic E-state index is -0.106. The van der Waals surface area contributed by atoms with Gasteiger partial charge in [0.1, 0.15) is 0 Å². The van der Waals surface area contributed by atoms with Crippen molar-refractivity contribution in [2.24, 2.45) is 0 Å². The van der Waals surface area contributed by atoms with Gasteiger partial charge >= 0.3 is 0 Å². The van der Waals surface area contributed by atoms with Gasteiger partial charge in [-0.1, -0.05) is 0 Å². The fourth-order valence-corrected chi connectivity index (χ4v) is 3.13. The largest absolute Gasteiger partial charge is 0.459 e. The third-order valence-electron chi connectivity index (χ3n) is 4.62. The number of hydrogen-bond donors (Lipinski definition) is 0. The highest BCUT2D eigenvalue weighted by atomic mass is 16.3. The molecule has 1 aliphatic heterocycles. The molecule has 0 saturated carbocycles. The number of aryl methyl sites for hydroxylation is 2. The standard InChI is InChI=1S/C18H23N3O3/c1-14-5-6-15(2)21(14)8-7-17(22)19-9-11-20(12-10-19)18(23)16-4-3-13-24-16/h3-6,13H,7-12H2,1-2H3. The van der Waals surface area contributed by atoms with Gasteiger partial charge in [-0.05, 0) is 38.1 Å². The average Bonchev–Trinajstić information content (AvgIpc) is 3.23. The summed E-state index contributed by atoms with van der Waals surface area (Å²) in [5.74, 6) is 0.395. The maximum Gasteiger partial charge on any atom is 0.289 e. The Balaban J connectivity index is 1.49. The van der Waals surface area contributed by atoms with Gasteiger partial charge in [-0.2, -0.15) is 0 Å². The summed E-state index contributed by atoms with van der Waals surface area (Å²) in [5, 5.41) is 0. The van der Waals surface area contributed by atoms with E-state index in [4.69, 9.17) is 4.42 Å². The Labute approximate surface area is 141 Å². The molecule has 128 valence electrons. The molecule has 24 heavy (non-hydrogen) atoms. The van der Waals surface area contributed by atoms with Gasteiger partial charge in [-0.15, -0.1) is 0 Å². The van der Waals surface area contributed by atoms with Crippen LogP contribution in [0.5, 0.6) is 0 Å². The molecule has 0 atom stereocenters. The van der Waals surface area contributed by atoms with Gasteiger partial charge in [0.25, 0.3) is 5.91 Å². The van der Waals surface area contributed by atoms with E-state index in [1.165, 1.54) is 17.7 Å². The van der Waals surface area contributed by atoms with Gasteiger partial charge < -0.3 is 18.8 Å². The Kier molecular flexibility index (Phi) is 4.74. The van der Waals surface area contributed by atoms with Crippen molar-refractivity contribution < 1.29 is 14.0 Å². The number of amides is 2. The van der Waals surface area contributed by atoms with E-state index in [2.05, 4.69) is 30.5 Å². The van der Waals surface area contributed by atoms with Gasteiger partial charge in [0, 0.05) is 50.5 Å². The minimum Gasteiger partial charge on any atom is -0.459 e. The SMILES string of the molecule is Cc1ccc(C)n1CCC(=O)N1CCN(C(=O)c2ccco2)CC1. The first kappa shape index (κ1) is 16.4. The number of nitrogens with zero attached hydrogens (tertiary/aromatic N) is 3. The highest BCUT2D eigenvalue weighted by molar-refractivity contribution is 5.91. The van der Waals surface area contributed by atoms with Gasteiger partial charge in [0.2, 0.25) is 5.91 Å². The first-order valence-electron chi connectivity index (χ1n) is 8.29.